The van der Waals surface area contributed by atoms with Crippen LogP contribution in [0.25, 0.3) is 10.9 Å². The smallest absolute Gasteiger partial charge is 0.408 e. The third-order valence-corrected chi connectivity index (χ3v) is 6.11. The summed E-state index contributed by atoms with van der Waals surface area (Å²) in [6, 6.07) is 6.82. The molecule has 5 amide bonds. The van der Waals surface area contributed by atoms with E-state index in [1.807, 2.05) is 35.8 Å². The molecule has 0 bridgehead atoms. The highest BCUT2D eigenvalue weighted by atomic mass is 16.6. The molecule has 0 radical (unpaired) electrons. The maximum atomic E-state index is 13.5. The first-order chi connectivity index (χ1) is 18.0. The summed E-state index contributed by atoms with van der Waals surface area (Å²) in [5, 5.41) is 16.8. The van der Waals surface area contributed by atoms with Gasteiger partial charge in [0.1, 0.15) is 18.2 Å². The van der Waals surface area contributed by atoms with E-state index in [0.717, 1.165) is 16.5 Å². The lowest BCUT2D eigenvalue weighted by molar-refractivity contribution is -0.137. The molecule has 5 N–H and O–H groups in total. The van der Waals surface area contributed by atoms with Gasteiger partial charge in [0.15, 0.2) is 0 Å². The molecule has 1 atom stereocenters. The number of aromatic nitrogens is 1. The number of imide groups is 1. The first-order valence-electron chi connectivity index (χ1n) is 12.5. The van der Waals surface area contributed by atoms with E-state index in [1.54, 1.807) is 25.7 Å². The van der Waals surface area contributed by atoms with E-state index in [1.165, 1.54) is 0 Å². The average Bonchev–Trinajstić information content (AvgIpc) is 3.28. The van der Waals surface area contributed by atoms with Gasteiger partial charge in [0.25, 0.3) is 5.91 Å². The second kappa shape index (κ2) is 12.5. The number of aliphatic hydroxyl groups excluding tert-OH is 1. The fourth-order valence-corrected chi connectivity index (χ4v) is 4.30. The lowest BCUT2D eigenvalue weighted by Crippen LogP contribution is -2.53. The number of hydrogen-bond acceptors (Lipinski definition) is 7. The molecule has 1 unspecified atom stereocenters. The van der Waals surface area contributed by atoms with Crippen molar-refractivity contribution in [2.45, 2.75) is 51.7 Å². The van der Waals surface area contributed by atoms with E-state index in [0.29, 0.717) is 25.9 Å². The lowest BCUT2D eigenvalue weighted by Gasteiger charge is -2.34. The number of rotatable bonds is 8. The van der Waals surface area contributed by atoms with Crippen LogP contribution in [-0.4, -0.2) is 82.6 Å². The number of alkyl carbamates (subject to hydrolysis) is 1. The van der Waals surface area contributed by atoms with Crippen LogP contribution in [-0.2, 0) is 30.3 Å². The minimum absolute atomic E-state index is 0.254. The van der Waals surface area contributed by atoms with Crippen molar-refractivity contribution in [2.75, 3.05) is 26.2 Å². The fraction of sp³-hybridized carbons (Fsp3) is 0.500. The van der Waals surface area contributed by atoms with Gasteiger partial charge in [-0.2, -0.15) is 0 Å². The third-order valence-electron chi connectivity index (χ3n) is 6.11. The minimum Gasteiger partial charge on any atom is -0.444 e. The molecule has 38 heavy (non-hydrogen) atoms. The third kappa shape index (κ3) is 8.04. The number of hydrogen-bond donors (Lipinski definition) is 5. The molecule has 1 aliphatic rings. The van der Waals surface area contributed by atoms with Gasteiger partial charge in [-0.25, -0.2) is 4.79 Å². The number of piperidine rings is 1. The van der Waals surface area contributed by atoms with Crippen molar-refractivity contribution in [3.8, 4) is 0 Å². The molecule has 206 valence electrons. The first-order valence-corrected chi connectivity index (χ1v) is 12.5. The number of aromatic amines is 1. The molecule has 0 aliphatic carbocycles. The van der Waals surface area contributed by atoms with Crippen molar-refractivity contribution in [1.29, 1.82) is 0 Å². The van der Waals surface area contributed by atoms with Gasteiger partial charge in [-0.15, -0.1) is 0 Å². The summed E-state index contributed by atoms with van der Waals surface area (Å²) < 4.78 is 5.39. The summed E-state index contributed by atoms with van der Waals surface area (Å²) in [7, 11) is 0. The van der Waals surface area contributed by atoms with E-state index in [4.69, 9.17) is 9.84 Å². The van der Waals surface area contributed by atoms with Crippen LogP contribution in [0.1, 0.15) is 39.2 Å². The molecule has 1 aromatic heterocycles. The van der Waals surface area contributed by atoms with Crippen LogP contribution in [0, 0.1) is 5.92 Å². The quantitative estimate of drug-likeness (QED) is 0.333. The number of carbonyl (C=O) groups is 5. The van der Waals surface area contributed by atoms with E-state index < -0.39 is 48.6 Å². The van der Waals surface area contributed by atoms with Crippen molar-refractivity contribution in [3.63, 3.8) is 0 Å². The number of likely N-dealkylation sites (tertiary alicyclic amines) is 1. The predicted molar refractivity (Wildman–Crippen MR) is 138 cm³/mol. The van der Waals surface area contributed by atoms with Gasteiger partial charge < -0.3 is 30.4 Å². The number of nitrogens with zero attached hydrogens (tertiary/aromatic N) is 1. The van der Waals surface area contributed by atoms with Gasteiger partial charge in [-0.05, 0) is 45.2 Å². The summed E-state index contributed by atoms with van der Waals surface area (Å²) in [6.07, 6.45) is 2.14. The molecule has 12 nitrogen and oxygen atoms in total. The average molecular weight is 530 g/mol. The minimum atomic E-state index is -0.873. The van der Waals surface area contributed by atoms with E-state index >= 15 is 0 Å². The molecule has 1 aliphatic heterocycles. The molecule has 0 saturated carbocycles. The molecule has 1 fully saturated rings. The maximum absolute atomic E-state index is 13.5. The zero-order chi connectivity index (χ0) is 27.9. The summed E-state index contributed by atoms with van der Waals surface area (Å²) in [4.78, 5) is 66.1. The summed E-state index contributed by atoms with van der Waals surface area (Å²) in [6.45, 7) is 4.61. The Labute approximate surface area is 220 Å². The zero-order valence-corrected chi connectivity index (χ0v) is 21.8. The van der Waals surface area contributed by atoms with Crippen LogP contribution < -0.4 is 16.0 Å². The number of fused-ring (bicyclic) bond motifs is 1. The number of aliphatic hydroxyl groups is 1. The number of amides is 5. The number of carbonyl (C=O) groups excluding carboxylic acids is 5. The second-order valence-electron chi connectivity index (χ2n) is 10.2. The van der Waals surface area contributed by atoms with E-state index in [-0.39, 0.29) is 18.2 Å². The second-order valence-corrected chi connectivity index (χ2v) is 10.2. The standard InChI is InChI=1S/C26H35N5O7/c1-26(2,3)38-25(37)29-20(12-17-13-27-19-7-5-4-6-18(17)19)24(36)31-10-8-16(9-11-31)23(35)28-14-21(33)30-22(34)15-32/h4-7,13,16,20,27,32H,8-12,14-15H2,1-3H3,(H,28,35)(H,29,37)(H,30,33,34). The highest BCUT2D eigenvalue weighted by molar-refractivity contribution is 5.98. The number of nitrogens with one attached hydrogen (secondary N) is 4. The largest absolute Gasteiger partial charge is 0.444 e. The van der Waals surface area contributed by atoms with Crippen molar-refractivity contribution in [3.05, 3.63) is 36.0 Å². The Morgan fingerprint density at radius 3 is 2.45 bits per heavy atom. The molecule has 12 heteroatoms. The Hall–Kier alpha value is -3.93. The molecular weight excluding hydrogens is 494 g/mol. The lowest BCUT2D eigenvalue weighted by atomic mass is 9.94. The summed E-state index contributed by atoms with van der Waals surface area (Å²) >= 11 is 0. The van der Waals surface area contributed by atoms with Crippen LogP contribution in [0.4, 0.5) is 4.79 Å². The number of H-pyrrole nitrogens is 1. The van der Waals surface area contributed by atoms with Crippen LogP contribution in [0.2, 0.25) is 0 Å². The monoisotopic (exact) mass is 529 g/mol. The van der Waals surface area contributed by atoms with Gasteiger partial charge in [0.05, 0.1) is 6.54 Å². The molecule has 1 saturated heterocycles. The van der Waals surface area contributed by atoms with Gasteiger partial charge in [0, 0.05) is 42.5 Å². The van der Waals surface area contributed by atoms with E-state index in [9.17, 15) is 24.0 Å². The zero-order valence-electron chi connectivity index (χ0n) is 21.8. The predicted octanol–water partition coefficient (Wildman–Crippen LogP) is 0.594. The Morgan fingerprint density at radius 1 is 1.11 bits per heavy atom. The highest BCUT2D eigenvalue weighted by Crippen LogP contribution is 2.22. The molecule has 1 aromatic carbocycles. The molecule has 3 rings (SSSR count). The van der Waals surface area contributed by atoms with Crippen LogP contribution in [0.3, 0.4) is 0 Å². The number of benzene rings is 1. The fourth-order valence-electron chi connectivity index (χ4n) is 4.30. The normalized spacial score (nSPS) is 15.0. The molecule has 2 heterocycles. The van der Waals surface area contributed by atoms with Crippen LogP contribution in [0.15, 0.2) is 30.5 Å². The van der Waals surface area contributed by atoms with Gasteiger partial charge in [-0.1, -0.05) is 18.2 Å². The number of ether oxygens (including phenoxy) is 1. The Morgan fingerprint density at radius 2 is 1.79 bits per heavy atom. The summed E-state index contributed by atoms with van der Waals surface area (Å²) in [5.41, 5.74) is 1.07. The molecule has 2 aromatic rings. The highest BCUT2D eigenvalue weighted by Gasteiger charge is 2.33. The van der Waals surface area contributed by atoms with Crippen molar-refractivity contribution < 1.29 is 33.8 Å². The first kappa shape index (κ1) is 28.6. The van der Waals surface area contributed by atoms with Crippen LogP contribution >= 0.6 is 0 Å². The molecular formula is C26H35N5O7. The van der Waals surface area contributed by atoms with Crippen molar-refractivity contribution in [2.24, 2.45) is 5.92 Å². The molecule has 0 spiro atoms. The van der Waals surface area contributed by atoms with Gasteiger partial charge in [0.2, 0.25) is 17.7 Å². The van der Waals surface area contributed by atoms with Gasteiger partial charge >= 0.3 is 6.09 Å². The Kier molecular flexibility index (Phi) is 9.45. The Bertz CT molecular complexity index is 1180. The van der Waals surface area contributed by atoms with Crippen LogP contribution in [0.5, 0.6) is 0 Å². The van der Waals surface area contributed by atoms with Gasteiger partial charge in [-0.3, -0.25) is 24.5 Å². The summed E-state index contributed by atoms with van der Waals surface area (Å²) in [5.74, 6) is -2.62. The van der Waals surface area contributed by atoms with Crippen molar-refractivity contribution in [1.82, 2.24) is 25.8 Å². The van der Waals surface area contributed by atoms with E-state index in [2.05, 4.69) is 15.6 Å². The SMILES string of the molecule is CC(C)(C)OC(=O)NC(Cc1c[nH]c2ccccc12)C(=O)N1CCC(C(=O)NCC(=O)NC(=O)CO)CC1. The number of para-hydroxylation sites is 1. The maximum Gasteiger partial charge on any atom is 0.408 e. The topological polar surface area (TPSA) is 170 Å². The Balaban J connectivity index is 1.62. The van der Waals surface area contributed by atoms with Crippen molar-refractivity contribution >= 4 is 40.6 Å².